The Morgan fingerprint density at radius 2 is 2.17 bits per heavy atom. The molecule has 0 rings (SSSR count). The van der Waals surface area contributed by atoms with E-state index in [4.69, 9.17) is 6.42 Å². The van der Waals surface area contributed by atoms with Crippen molar-refractivity contribution in [1.82, 2.24) is 0 Å². The highest BCUT2D eigenvalue weighted by molar-refractivity contribution is 6.43. The lowest BCUT2D eigenvalue weighted by atomic mass is 9.78. The second-order valence-electron chi connectivity index (χ2n) is 1.35. The number of terminal acetylenes is 1. The minimum Gasteiger partial charge on any atom is -0.479 e. The Bertz CT molecular complexity index is 94.6. The molecule has 0 saturated carbocycles. The zero-order valence-electron chi connectivity index (χ0n) is 4.10. The second-order valence-corrected chi connectivity index (χ2v) is 1.35. The molecule has 0 atom stereocenters. The summed E-state index contributed by atoms with van der Waals surface area (Å²) >= 11 is 0. The van der Waals surface area contributed by atoms with Gasteiger partial charge in [0.25, 0.3) is 0 Å². The molecule has 0 heterocycles. The smallest absolute Gasteiger partial charge is 0.0245 e. The fourth-order valence-electron chi connectivity index (χ4n) is 0.149. The molecule has 2 heteroatoms. The first-order valence-corrected chi connectivity index (χ1v) is 1.93. The molecule has 0 N–H and O–H groups in total. The molecule has 0 spiro atoms. The Morgan fingerprint density at radius 1 is 1.67 bits per heavy atom. The van der Waals surface area contributed by atoms with Crippen molar-refractivity contribution < 1.29 is 0 Å². The minimum atomic E-state index is 0.287. The van der Waals surface area contributed by atoms with Crippen LogP contribution in [0.15, 0.2) is 4.90 Å². The number of hydrogen-bond acceptors (Lipinski definition) is 1. The predicted molar refractivity (Wildman–Crippen MR) is 28.7 cm³/mol. The molecule has 0 unspecified atom stereocenters. The molecule has 0 aliphatic rings. The first-order valence-electron chi connectivity index (χ1n) is 1.93. The summed E-state index contributed by atoms with van der Waals surface area (Å²) in [7, 11) is 0. The van der Waals surface area contributed by atoms with Crippen molar-refractivity contribution in [2.75, 3.05) is 0 Å². The Kier molecular flexibility index (Phi) is 2.40. The van der Waals surface area contributed by atoms with Crippen molar-refractivity contribution in [3.63, 3.8) is 0 Å². The van der Waals surface area contributed by atoms with Gasteiger partial charge in [-0.3, -0.25) is 0 Å². The van der Waals surface area contributed by atoms with E-state index in [0.717, 1.165) is 0 Å². The van der Waals surface area contributed by atoms with Gasteiger partial charge in [-0.25, -0.2) is 0 Å². The molecule has 0 aromatic carbocycles. The van der Waals surface area contributed by atoms with E-state index in [9.17, 15) is 0 Å². The van der Waals surface area contributed by atoms with Gasteiger partial charge in [0.15, 0.2) is 0 Å². The highest BCUT2D eigenvalue weighted by Gasteiger charge is 1.53. The summed E-state index contributed by atoms with van der Waals surface area (Å²) in [6.07, 6.45) is 4.81. The molecular formula is C4H7BN-. The Hall–Kier alpha value is -0.575. The Balaban J connectivity index is 3.51. The highest BCUT2D eigenvalue weighted by atomic mass is 14.6. The van der Waals surface area contributed by atoms with E-state index in [-0.39, 0.29) is 6.51 Å². The van der Waals surface area contributed by atoms with Crippen LogP contribution in [-0.4, -0.2) is 6.51 Å². The van der Waals surface area contributed by atoms with Gasteiger partial charge in [0.05, 0.1) is 0 Å². The van der Waals surface area contributed by atoms with Gasteiger partial charge in [0.2, 0.25) is 0 Å². The van der Waals surface area contributed by atoms with Crippen molar-refractivity contribution in [3.8, 4) is 12.5 Å². The van der Waals surface area contributed by atoms with Crippen molar-refractivity contribution >= 4 is 6.51 Å². The van der Waals surface area contributed by atoms with Gasteiger partial charge in [-0.15, -0.1) is 0 Å². The summed E-state index contributed by atoms with van der Waals surface area (Å²) in [6.45, 7) is 4.18. The molecule has 6 heavy (non-hydrogen) atoms. The number of hydrogen-bond donors (Lipinski definition) is 0. The lowest BCUT2D eigenvalue weighted by Crippen LogP contribution is -1.77. The van der Waals surface area contributed by atoms with Crippen LogP contribution in [0.5, 0.6) is 0 Å². The molecule has 0 aliphatic heterocycles. The topological polar surface area (TPSA) is 12.4 Å². The summed E-state index contributed by atoms with van der Waals surface area (Å²) in [6, 6.07) is 2.19. The van der Waals surface area contributed by atoms with Crippen LogP contribution in [0.2, 0.25) is 13.6 Å². The fraction of sp³-hybridized carbons (Fsp3) is 0.500. The molecule has 0 saturated heterocycles. The molecule has 0 amide bonds. The predicted octanol–water partition coefficient (Wildman–Crippen LogP) is 1.10. The number of rotatable bonds is 0. The van der Waals surface area contributed by atoms with E-state index in [0.29, 0.717) is 0 Å². The third-order valence-electron chi connectivity index (χ3n) is 0.333. The normalized spacial score (nSPS) is 6.17. The zero-order valence-corrected chi connectivity index (χ0v) is 4.10. The maximum atomic E-state index is 4.81. The third kappa shape index (κ3) is 3.42. The van der Waals surface area contributed by atoms with Crippen LogP contribution in [0.25, 0.3) is 0 Å². The SMILES string of the molecule is C#CN=[B-](C)C. The standard InChI is InChI=1S/C4H7BN/c1-4-6-5(2)3/h1H,2-3H3/q-1. The average molecular weight is 79.9 g/mol. The minimum absolute atomic E-state index is 0.287. The van der Waals surface area contributed by atoms with Crippen LogP contribution in [-0.2, 0) is 0 Å². The fourth-order valence-corrected chi connectivity index (χ4v) is 0.149. The highest BCUT2D eigenvalue weighted by Crippen LogP contribution is 1.65. The number of nitrogens with zero attached hydrogens (tertiary/aromatic N) is 1. The van der Waals surface area contributed by atoms with E-state index in [1.54, 1.807) is 0 Å². The molecule has 0 bridgehead atoms. The molecule has 0 aliphatic carbocycles. The molecule has 0 fully saturated rings. The first-order chi connectivity index (χ1) is 2.77. The van der Waals surface area contributed by atoms with Crippen LogP contribution in [0.3, 0.4) is 0 Å². The summed E-state index contributed by atoms with van der Waals surface area (Å²) in [5, 5.41) is 0. The summed E-state index contributed by atoms with van der Waals surface area (Å²) in [5.74, 6) is 0. The Labute approximate surface area is 38.6 Å². The van der Waals surface area contributed by atoms with Gasteiger partial charge in [0.1, 0.15) is 0 Å². The van der Waals surface area contributed by atoms with E-state index in [1.807, 2.05) is 13.6 Å². The largest absolute Gasteiger partial charge is 0.479 e. The lowest BCUT2D eigenvalue weighted by Gasteiger charge is -1.87. The third-order valence-corrected chi connectivity index (χ3v) is 0.333. The zero-order chi connectivity index (χ0) is 4.99. The van der Waals surface area contributed by atoms with Gasteiger partial charge >= 0.3 is 0 Å². The van der Waals surface area contributed by atoms with Crippen LogP contribution in [0, 0.1) is 12.5 Å². The van der Waals surface area contributed by atoms with Crippen LogP contribution in [0.1, 0.15) is 0 Å². The first kappa shape index (κ1) is 5.42. The van der Waals surface area contributed by atoms with Gasteiger partial charge in [0, 0.05) is 0 Å². The quantitative estimate of drug-likeness (QED) is 0.305. The second kappa shape index (κ2) is 2.65. The van der Waals surface area contributed by atoms with Crippen LogP contribution < -0.4 is 0 Å². The van der Waals surface area contributed by atoms with E-state index < -0.39 is 0 Å². The van der Waals surface area contributed by atoms with Gasteiger partial charge in [-0.2, -0.15) is 13.6 Å². The van der Waals surface area contributed by atoms with Crippen molar-refractivity contribution in [3.05, 3.63) is 0 Å². The van der Waals surface area contributed by atoms with Crippen molar-refractivity contribution in [2.24, 2.45) is 4.90 Å². The van der Waals surface area contributed by atoms with Gasteiger partial charge in [-0.05, 0) is 12.5 Å². The molecule has 0 aromatic rings. The molecule has 32 valence electrons. The van der Waals surface area contributed by atoms with Crippen molar-refractivity contribution in [1.29, 1.82) is 0 Å². The summed E-state index contributed by atoms with van der Waals surface area (Å²) in [5.41, 5.74) is 0. The van der Waals surface area contributed by atoms with E-state index in [1.165, 1.54) is 0 Å². The molecule has 0 aromatic heterocycles. The molecule has 1 nitrogen and oxygen atoms in total. The maximum Gasteiger partial charge on any atom is -0.0245 e. The van der Waals surface area contributed by atoms with Gasteiger partial charge < -0.3 is 4.90 Å². The van der Waals surface area contributed by atoms with E-state index >= 15 is 0 Å². The van der Waals surface area contributed by atoms with Crippen molar-refractivity contribution in [2.45, 2.75) is 13.6 Å². The van der Waals surface area contributed by atoms with Crippen LogP contribution >= 0.6 is 0 Å². The average Bonchev–Trinajstić information content (AvgIpc) is 1.35. The monoisotopic (exact) mass is 80.1 g/mol. The summed E-state index contributed by atoms with van der Waals surface area (Å²) in [4.78, 5) is 3.65. The maximum absolute atomic E-state index is 4.81. The summed E-state index contributed by atoms with van der Waals surface area (Å²) < 4.78 is 0. The molecular weight excluding hydrogens is 72.9 g/mol. The lowest BCUT2D eigenvalue weighted by molar-refractivity contribution is 1.70. The van der Waals surface area contributed by atoms with Gasteiger partial charge in [-0.1, -0.05) is 6.42 Å². The van der Waals surface area contributed by atoms with E-state index in [2.05, 4.69) is 10.9 Å². The molecule has 0 radical (unpaired) electrons. The Morgan fingerprint density at radius 3 is 2.17 bits per heavy atom. The van der Waals surface area contributed by atoms with Crippen LogP contribution in [0.4, 0.5) is 0 Å².